The van der Waals surface area contributed by atoms with Gasteiger partial charge in [-0.25, -0.2) is 27.8 Å². The molecule has 0 aliphatic heterocycles. The average Bonchev–Trinajstić information content (AvgIpc) is 2.67. The highest BCUT2D eigenvalue weighted by Crippen LogP contribution is 2.33. The molecule has 0 atom stereocenters. The molecule has 1 aromatic heterocycles. The number of carbonyl (C=O) groups excluding carboxylic acids is 3. The number of hydrogen-bond acceptors (Lipinski definition) is 10. The minimum Gasteiger partial charge on any atom is -0.464 e. The minimum absolute atomic E-state index is 0.0631. The van der Waals surface area contributed by atoms with Gasteiger partial charge in [-0.05, 0) is 54.0 Å². The summed E-state index contributed by atoms with van der Waals surface area (Å²) in [6, 6.07) is 1.02. The summed E-state index contributed by atoms with van der Waals surface area (Å²) in [4.78, 5) is 44.8. The molecule has 0 spiro atoms. The number of aromatic nitrogens is 1. The number of esters is 1. The van der Waals surface area contributed by atoms with Gasteiger partial charge in [0.2, 0.25) is 0 Å². The normalized spacial score (nSPS) is 11.9. The molecule has 196 valence electrons. The van der Waals surface area contributed by atoms with Crippen molar-refractivity contribution in [3.05, 3.63) is 24.4 Å². The van der Waals surface area contributed by atoms with E-state index in [0.717, 1.165) is 19.4 Å². The van der Waals surface area contributed by atoms with Gasteiger partial charge in [0.05, 0.1) is 12.8 Å². The topological polar surface area (TPSA) is 132 Å². The van der Waals surface area contributed by atoms with Gasteiger partial charge in [-0.3, -0.25) is 0 Å². The van der Waals surface area contributed by atoms with Crippen molar-refractivity contribution in [2.75, 3.05) is 36.8 Å². The lowest BCUT2D eigenvalue weighted by Gasteiger charge is -2.30. The predicted octanol–water partition coefficient (Wildman–Crippen LogP) is 3.96. The zero-order valence-electron chi connectivity index (χ0n) is 21.8. The first kappa shape index (κ1) is 29.9. The van der Waals surface area contributed by atoms with Crippen LogP contribution in [0, 0.1) is 0 Å². The molecule has 0 saturated heterocycles. The Kier molecular flexibility index (Phi) is 9.44. The summed E-state index contributed by atoms with van der Waals surface area (Å²) in [5, 5.41) is 0. The van der Waals surface area contributed by atoms with Crippen molar-refractivity contribution in [3.63, 3.8) is 0 Å². The maximum atomic E-state index is 13.1. The highest BCUT2D eigenvalue weighted by Gasteiger charge is 2.38. The largest absolute Gasteiger partial charge is 0.464 e. The van der Waals surface area contributed by atoms with E-state index in [-0.39, 0.29) is 10.7 Å². The van der Waals surface area contributed by atoms with E-state index in [1.165, 1.54) is 4.90 Å². The van der Waals surface area contributed by atoms with E-state index in [0.29, 0.717) is 17.9 Å². The number of anilines is 2. The van der Waals surface area contributed by atoms with Gasteiger partial charge in [-0.2, -0.15) is 4.90 Å². The lowest BCUT2D eigenvalue weighted by molar-refractivity contribution is 0.0430. The second-order valence-electron chi connectivity index (χ2n) is 9.74. The lowest BCUT2D eigenvalue weighted by Crippen LogP contribution is -2.44. The van der Waals surface area contributed by atoms with E-state index in [1.807, 2.05) is 0 Å². The summed E-state index contributed by atoms with van der Waals surface area (Å²) in [6.45, 7) is 13.5. The lowest BCUT2D eigenvalue weighted by atomic mass is 10.2. The zero-order chi connectivity index (χ0) is 27.4. The Morgan fingerprint density at radius 1 is 1.06 bits per heavy atom. The molecule has 2 amide bonds. The van der Waals surface area contributed by atoms with E-state index < -0.39 is 50.6 Å². The molecule has 0 saturated carbocycles. The fourth-order valence-corrected chi connectivity index (χ4v) is 3.58. The van der Waals surface area contributed by atoms with Crippen molar-refractivity contribution in [2.45, 2.75) is 64.1 Å². The summed E-state index contributed by atoms with van der Waals surface area (Å²) >= 11 is 0. The van der Waals surface area contributed by atoms with Crippen LogP contribution in [0.15, 0.2) is 23.6 Å². The van der Waals surface area contributed by atoms with Crippen LogP contribution >= 0.6 is 0 Å². The van der Waals surface area contributed by atoms with Gasteiger partial charge in [0.1, 0.15) is 21.9 Å². The van der Waals surface area contributed by atoms with Gasteiger partial charge in [0.15, 0.2) is 15.5 Å². The maximum absolute atomic E-state index is 13.1. The molecule has 1 heterocycles. The summed E-state index contributed by atoms with van der Waals surface area (Å²) in [5.41, 5.74) is -2.99. The first-order valence-corrected chi connectivity index (χ1v) is 12.6. The first-order valence-electron chi connectivity index (χ1n) is 10.7. The third-order valence-corrected chi connectivity index (χ3v) is 5.25. The maximum Gasteiger partial charge on any atom is 0.424 e. The molecular weight excluding hydrogens is 478 g/mol. The number of hydrogen-bond donors (Lipinski definition) is 0. The van der Waals surface area contributed by atoms with Crippen LogP contribution in [0.4, 0.5) is 21.1 Å². The Hall–Kier alpha value is -3.15. The van der Waals surface area contributed by atoms with E-state index in [9.17, 15) is 22.8 Å². The second kappa shape index (κ2) is 11.1. The number of rotatable bonds is 7. The predicted molar refractivity (Wildman–Crippen MR) is 132 cm³/mol. The minimum atomic E-state index is -3.94. The standard InChI is InChI=1S/C23H35N3O8S/c1-11-12-13-25(8)18-16(35(10,30)31)14-15(17(24-18)19(27)32-9)26(20(28)33-22(2,3)4)21(29)34-23(5,6)7/h11,14H,1,12-13H2,2-10H3. The van der Waals surface area contributed by atoms with Crippen LogP contribution in [-0.2, 0) is 24.0 Å². The molecule has 0 bridgehead atoms. The summed E-state index contributed by atoms with van der Waals surface area (Å²) in [7, 11) is -1.27. The van der Waals surface area contributed by atoms with Gasteiger partial charge in [0.25, 0.3) is 0 Å². The van der Waals surface area contributed by atoms with Crippen LogP contribution in [0.2, 0.25) is 0 Å². The number of ether oxygens (including phenoxy) is 3. The third-order valence-electron chi connectivity index (χ3n) is 4.15. The SMILES string of the molecule is C=CCCN(C)c1nc(C(=O)OC)c(N(C(=O)OC(C)(C)C)C(=O)OC(C)(C)C)cc1S(C)(=O)=O. The quantitative estimate of drug-likeness (QED) is 0.300. The summed E-state index contributed by atoms with van der Waals surface area (Å²) < 4.78 is 40.9. The Balaban J connectivity index is 4.01. The number of amides is 2. The van der Waals surface area contributed by atoms with Gasteiger partial charge in [-0.1, -0.05) is 6.08 Å². The Morgan fingerprint density at radius 3 is 1.91 bits per heavy atom. The van der Waals surface area contributed by atoms with Crippen LogP contribution in [0.1, 0.15) is 58.5 Å². The van der Waals surface area contributed by atoms with Crippen molar-refractivity contribution < 1.29 is 37.0 Å². The fraction of sp³-hybridized carbons (Fsp3) is 0.565. The van der Waals surface area contributed by atoms with Crippen LogP contribution in [0.5, 0.6) is 0 Å². The van der Waals surface area contributed by atoms with Crippen LogP contribution < -0.4 is 9.80 Å². The van der Waals surface area contributed by atoms with E-state index in [2.05, 4.69) is 11.6 Å². The summed E-state index contributed by atoms with van der Waals surface area (Å²) in [5.74, 6) is -1.07. The molecule has 35 heavy (non-hydrogen) atoms. The zero-order valence-corrected chi connectivity index (χ0v) is 22.6. The van der Waals surface area contributed by atoms with Crippen molar-refractivity contribution in [1.29, 1.82) is 0 Å². The Labute approximate surface area is 207 Å². The van der Waals surface area contributed by atoms with Crippen molar-refractivity contribution in [1.82, 2.24) is 4.98 Å². The highest BCUT2D eigenvalue weighted by molar-refractivity contribution is 7.90. The van der Waals surface area contributed by atoms with Gasteiger partial charge >= 0.3 is 18.2 Å². The van der Waals surface area contributed by atoms with E-state index >= 15 is 0 Å². The van der Waals surface area contributed by atoms with Crippen LogP contribution in [0.3, 0.4) is 0 Å². The van der Waals surface area contributed by atoms with Crippen LogP contribution in [0.25, 0.3) is 0 Å². The monoisotopic (exact) mass is 513 g/mol. The van der Waals surface area contributed by atoms with Crippen molar-refractivity contribution >= 4 is 39.5 Å². The molecule has 0 radical (unpaired) electrons. The van der Waals surface area contributed by atoms with E-state index in [4.69, 9.17) is 14.2 Å². The molecule has 0 aromatic carbocycles. The number of pyridine rings is 1. The Bertz CT molecular complexity index is 1060. The fourth-order valence-electron chi connectivity index (χ4n) is 2.72. The molecule has 0 aliphatic carbocycles. The molecule has 0 fully saturated rings. The molecule has 1 aromatic rings. The van der Waals surface area contributed by atoms with E-state index in [1.54, 1.807) is 54.7 Å². The molecule has 11 nitrogen and oxygen atoms in total. The molecular formula is C23H35N3O8S. The highest BCUT2D eigenvalue weighted by atomic mass is 32.2. The number of sulfone groups is 1. The summed E-state index contributed by atoms with van der Waals surface area (Å²) in [6.07, 6.45) is 0.705. The third kappa shape index (κ3) is 8.53. The smallest absolute Gasteiger partial charge is 0.424 e. The molecule has 12 heteroatoms. The molecule has 0 aliphatic rings. The van der Waals surface area contributed by atoms with Crippen LogP contribution in [-0.4, -0.2) is 69.7 Å². The van der Waals surface area contributed by atoms with Gasteiger partial charge < -0.3 is 19.1 Å². The number of methoxy groups -OCH3 is 1. The van der Waals surface area contributed by atoms with Crippen molar-refractivity contribution in [2.24, 2.45) is 0 Å². The molecule has 1 rings (SSSR count). The number of nitrogens with zero attached hydrogens (tertiary/aromatic N) is 3. The number of imide groups is 1. The van der Waals surface area contributed by atoms with Gasteiger partial charge in [0, 0.05) is 19.8 Å². The first-order chi connectivity index (χ1) is 15.8. The van der Waals surface area contributed by atoms with Crippen molar-refractivity contribution in [3.8, 4) is 0 Å². The van der Waals surface area contributed by atoms with Gasteiger partial charge in [-0.15, -0.1) is 6.58 Å². The second-order valence-corrected chi connectivity index (χ2v) is 11.7. The Morgan fingerprint density at radius 2 is 1.54 bits per heavy atom. The molecule has 0 N–H and O–H groups in total. The average molecular weight is 514 g/mol. The number of carbonyl (C=O) groups is 3. The molecule has 0 unspecified atom stereocenters.